The van der Waals surface area contributed by atoms with Crippen LogP contribution in [0.15, 0.2) is 42.9 Å². The first kappa shape index (κ1) is 20.2. The summed E-state index contributed by atoms with van der Waals surface area (Å²) < 4.78 is 5.43. The summed E-state index contributed by atoms with van der Waals surface area (Å²) in [5.74, 6) is 0.835. The number of aromatic nitrogens is 2. The molecule has 2 N–H and O–H groups in total. The molecule has 3 heterocycles. The number of piperidine rings is 1. The predicted octanol–water partition coefficient (Wildman–Crippen LogP) is 1.43. The van der Waals surface area contributed by atoms with Gasteiger partial charge in [0.2, 0.25) is 0 Å². The van der Waals surface area contributed by atoms with Crippen LogP contribution in [0.2, 0.25) is 0 Å². The monoisotopic (exact) mass is 397 g/mol. The second-order valence-corrected chi connectivity index (χ2v) is 8.13. The zero-order valence-electron chi connectivity index (χ0n) is 17.0. The molecule has 156 valence electrons. The Hall–Kier alpha value is -2.06. The van der Waals surface area contributed by atoms with Crippen molar-refractivity contribution in [2.75, 3.05) is 50.8 Å². The number of nitrogens with zero attached hydrogens (tertiary/aromatic N) is 4. The van der Waals surface area contributed by atoms with E-state index in [-0.39, 0.29) is 0 Å². The number of rotatable bonds is 7. The van der Waals surface area contributed by atoms with E-state index in [1.165, 1.54) is 11.1 Å². The molecule has 1 aromatic carbocycles. The fraction of sp³-hybridized carbons (Fsp3) is 0.545. The van der Waals surface area contributed by atoms with Gasteiger partial charge in [-0.15, -0.1) is 0 Å². The first-order valence-corrected chi connectivity index (χ1v) is 10.5. The van der Waals surface area contributed by atoms with E-state index in [4.69, 9.17) is 4.74 Å². The van der Waals surface area contributed by atoms with Crippen molar-refractivity contribution >= 4 is 5.82 Å². The van der Waals surface area contributed by atoms with Crippen LogP contribution in [0.4, 0.5) is 5.82 Å². The van der Waals surface area contributed by atoms with Gasteiger partial charge in [-0.2, -0.15) is 0 Å². The van der Waals surface area contributed by atoms with Crippen molar-refractivity contribution in [1.82, 2.24) is 20.2 Å². The average Bonchev–Trinajstić information content (AvgIpc) is 2.75. The lowest BCUT2D eigenvalue weighted by molar-refractivity contribution is 0.0258. The number of ether oxygens (including phenoxy) is 1. The Balaban J connectivity index is 1.28. The molecule has 1 unspecified atom stereocenters. The Morgan fingerprint density at radius 2 is 2.00 bits per heavy atom. The van der Waals surface area contributed by atoms with E-state index in [1.54, 1.807) is 18.6 Å². The van der Waals surface area contributed by atoms with Gasteiger partial charge < -0.3 is 20.1 Å². The van der Waals surface area contributed by atoms with Crippen molar-refractivity contribution in [3.8, 4) is 0 Å². The normalized spacial score (nSPS) is 23.3. The molecule has 1 atom stereocenters. The fourth-order valence-corrected chi connectivity index (χ4v) is 4.20. The van der Waals surface area contributed by atoms with Gasteiger partial charge in [0.1, 0.15) is 5.82 Å². The Bertz CT molecular complexity index is 769. The Kier molecular flexibility index (Phi) is 6.71. The third kappa shape index (κ3) is 5.73. The molecule has 0 spiro atoms. The van der Waals surface area contributed by atoms with Crippen molar-refractivity contribution < 1.29 is 9.84 Å². The summed E-state index contributed by atoms with van der Waals surface area (Å²) >= 11 is 0. The lowest BCUT2D eigenvalue weighted by Gasteiger charge is -2.39. The molecule has 29 heavy (non-hydrogen) atoms. The van der Waals surface area contributed by atoms with E-state index in [0.717, 1.165) is 64.6 Å². The summed E-state index contributed by atoms with van der Waals surface area (Å²) in [5.41, 5.74) is 1.83. The predicted molar refractivity (Wildman–Crippen MR) is 113 cm³/mol. The number of β-amino-alcohol motifs (C(OH)–C–C–N with tert-alkyl or cyclic N) is 1. The highest BCUT2D eigenvalue weighted by atomic mass is 16.5. The zero-order valence-corrected chi connectivity index (χ0v) is 17.0. The molecule has 0 radical (unpaired) electrons. The molecular weight excluding hydrogens is 366 g/mol. The maximum absolute atomic E-state index is 11.1. The molecule has 4 rings (SSSR count). The molecule has 2 aliphatic heterocycles. The molecular formula is C22H31N5O2. The second kappa shape index (κ2) is 9.63. The number of anilines is 1. The first-order valence-electron chi connectivity index (χ1n) is 10.5. The van der Waals surface area contributed by atoms with Crippen LogP contribution < -0.4 is 10.2 Å². The third-order valence-electron chi connectivity index (χ3n) is 5.71. The highest BCUT2D eigenvalue weighted by molar-refractivity contribution is 5.36. The summed E-state index contributed by atoms with van der Waals surface area (Å²) in [4.78, 5) is 13.1. The van der Waals surface area contributed by atoms with Crippen LogP contribution in [0, 0.1) is 0 Å². The van der Waals surface area contributed by atoms with Crippen molar-refractivity contribution in [3.05, 3.63) is 54.0 Å². The summed E-state index contributed by atoms with van der Waals surface area (Å²) in [6.45, 7) is 7.42. The van der Waals surface area contributed by atoms with Gasteiger partial charge in [-0.1, -0.05) is 24.3 Å². The molecule has 2 saturated heterocycles. The van der Waals surface area contributed by atoms with Crippen LogP contribution in [0.1, 0.15) is 24.0 Å². The Morgan fingerprint density at radius 3 is 2.83 bits per heavy atom. The molecule has 2 aromatic rings. The van der Waals surface area contributed by atoms with Crippen molar-refractivity contribution in [1.29, 1.82) is 0 Å². The maximum Gasteiger partial charge on any atom is 0.147 e. The molecule has 0 amide bonds. The maximum atomic E-state index is 11.1. The van der Waals surface area contributed by atoms with Crippen molar-refractivity contribution in [2.45, 2.75) is 31.5 Å². The van der Waals surface area contributed by atoms with E-state index in [9.17, 15) is 5.11 Å². The third-order valence-corrected chi connectivity index (χ3v) is 5.71. The van der Waals surface area contributed by atoms with Crippen LogP contribution in [-0.4, -0.2) is 71.5 Å². The zero-order chi connectivity index (χ0) is 19.9. The molecule has 7 nitrogen and oxygen atoms in total. The minimum Gasteiger partial charge on any atom is -0.387 e. The minimum absolute atomic E-state index is 0.567. The quantitative estimate of drug-likeness (QED) is 0.732. The van der Waals surface area contributed by atoms with Crippen LogP contribution in [-0.2, 0) is 17.8 Å². The van der Waals surface area contributed by atoms with E-state index >= 15 is 0 Å². The molecule has 0 saturated carbocycles. The highest BCUT2D eigenvalue weighted by Gasteiger charge is 2.33. The van der Waals surface area contributed by atoms with Crippen LogP contribution in [0.3, 0.4) is 0 Å². The van der Waals surface area contributed by atoms with Crippen LogP contribution in [0.25, 0.3) is 0 Å². The van der Waals surface area contributed by atoms with Gasteiger partial charge in [0.15, 0.2) is 0 Å². The van der Waals surface area contributed by atoms with Crippen molar-refractivity contribution in [3.63, 3.8) is 0 Å². The van der Waals surface area contributed by atoms with E-state index < -0.39 is 5.60 Å². The Morgan fingerprint density at radius 1 is 1.14 bits per heavy atom. The van der Waals surface area contributed by atoms with E-state index in [1.807, 2.05) is 0 Å². The Labute approximate surface area is 172 Å². The summed E-state index contributed by atoms with van der Waals surface area (Å²) in [6, 6.07) is 8.72. The van der Waals surface area contributed by atoms with Crippen LogP contribution in [0.5, 0.6) is 0 Å². The van der Waals surface area contributed by atoms with Gasteiger partial charge in [-0.25, -0.2) is 4.98 Å². The smallest absolute Gasteiger partial charge is 0.147 e. The second-order valence-electron chi connectivity index (χ2n) is 8.13. The highest BCUT2D eigenvalue weighted by Crippen LogP contribution is 2.24. The fourth-order valence-electron chi connectivity index (χ4n) is 4.20. The number of aliphatic hydroxyl groups is 1. The van der Waals surface area contributed by atoms with Gasteiger partial charge >= 0.3 is 0 Å². The lowest BCUT2D eigenvalue weighted by atomic mass is 9.92. The molecule has 2 fully saturated rings. The summed E-state index contributed by atoms with van der Waals surface area (Å²) in [5, 5.41) is 14.5. The number of morpholine rings is 1. The van der Waals surface area contributed by atoms with Crippen LogP contribution >= 0.6 is 0 Å². The number of nitrogens with one attached hydrogen (secondary N) is 1. The summed E-state index contributed by atoms with van der Waals surface area (Å²) in [7, 11) is 0. The van der Waals surface area contributed by atoms with Gasteiger partial charge in [0, 0.05) is 58.2 Å². The average molecular weight is 398 g/mol. The SMILES string of the molecule is OC1(CNCc2cccc(CN3CCOCC3)c2)CCCN(c2cnccn2)C1. The van der Waals surface area contributed by atoms with Gasteiger partial charge in [0.25, 0.3) is 0 Å². The van der Waals surface area contributed by atoms with Gasteiger partial charge in [-0.05, 0) is 24.0 Å². The van der Waals surface area contributed by atoms with Gasteiger partial charge in [-0.3, -0.25) is 9.88 Å². The molecule has 0 aliphatic carbocycles. The molecule has 1 aromatic heterocycles. The van der Waals surface area contributed by atoms with E-state index in [0.29, 0.717) is 13.1 Å². The van der Waals surface area contributed by atoms with Gasteiger partial charge in [0.05, 0.1) is 25.0 Å². The number of benzene rings is 1. The topological polar surface area (TPSA) is 73.8 Å². The largest absolute Gasteiger partial charge is 0.387 e. The van der Waals surface area contributed by atoms with Crippen molar-refractivity contribution in [2.24, 2.45) is 0 Å². The number of hydrogen-bond acceptors (Lipinski definition) is 7. The first-order chi connectivity index (χ1) is 14.2. The standard InChI is InChI=1S/C22H31N5O2/c28-22(5-2-8-27(18-22)21-15-23-6-7-25-21)17-24-14-19-3-1-4-20(13-19)16-26-9-11-29-12-10-26/h1,3-4,6-7,13,15,24,28H,2,5,8-12,14,16-18H2. The van der Waals surface area contributed by atoms with E-state index in [2.05, 4.69) is 49.4 Å². The minimum atomic E-state index is -0.749. The number of hydrogen-bond donors (Lipinski definition) is 2. The molecule has 2 aliphatic rings. The lowest BCUT2D eigenvalue weighted by Crippen LogP contribution is -2.53. The molecule has 0 bridgehead atoms. The summed E-state index contributed by atoms with van der Waals surface area (Å²) in [6.07, 6.45) is 6.89. The molecule has 7 heteroatoms.